The summed E-state index contributed by atoms with van der Waals surface area (Å²) in [5.41, 5.74) is 1.41. The molecule has 2 rings (SSSR count). The number of methoxy groups -OCH3 is 1. The second-order valence-corrected chi connectivity index (χ2v) is 5.61. The van der Waals surface area contributed by atoms with E-state index in [9.17, 15) is 19.5 Å². The standard InChI is InChI=1S/C18H20N2O6/c1-11-5-6-12(16(21)19-13(18(23)24)7-9-25-2)10-14(11)20-17(22)15-4-3-8-26-15/h3-6,8,10,13H,7,9H2,1-2H3,(H,19,21)(H,20,22)(H,23,24). The van der Waals surface area contributed by atoms with E-state index in [0.29, 0.717) is 5.69 Å². The molecule has 1 heterocycles. The molecule has 8 nitrogen and oxygen atoms in total. The van der Waals surface area contributed by atoms with Crippen molar-refractivity contribution < 1.29 is 28.6 Å². The molecule has 0 radical (unpaired) electrons. The summed E-state index contributed by atoms with van der Waals surface area (Å²) in [6.45, 7) is 1.98. The first-order valence-corrected chi connectivity index (χ1v) is 7.90. The van der Waals surface area contributed by atoms with Crippen LogP contribution in [0.5, 0.6) is 0 Å². The van der Waals surface area contributed by atoms with Crippen LogP contribution in [0.25, 0.3) is 0 Å². The number of carbonyl (C=O) groups excluding carboxylic acids is 2. The normalized spacial score (nSPS) is 11.6. The number of aryl methyl sites for hydroxylation is 1. The minimum Gasteiger partial charge on any atom is -0.480 e. The van der Waals surface area contributed by atoms with Gasteiger partial charge in [0.05, 0.1) is 6.26 Å². The van der Waals surface area contributed by atoms with Crippen molar-refractivity contribution in [1.82, 2.24) is 5.32 Å². The molecule has 0 spiro atoms. The number of benzene rings is 1. The number of hydrogen-bond donors (Lipinski definition) is 3. The van der Waals surface area contributed by atoms with Gasteiger partial charge in [-0.3, -0.25) is 9.59 Å². The van der Waals surface area contributed by atoms with Gasteiger partial charge in [0, 0.05) is 31.4 Å². The van der Waals surface area contributed by atoms with Crippen molar-refractivity contribution in [3.63, 3.8) is 0 Å². The summed E-state index contributed by atoms with van der Waals surface area (Å²) in [6, 6.07) is 6.76. The second kappa shape index (κ2) is 8.82. The Bertz CT molecular complexity index is 785. The maximum atomic E-state index is 12.4. The third-order valence-corrected chi connectivity index (χ3v) is 3.71. The van der Waals surface area contributed by atoms with Crippen LogP contribution >= 0.6 is 0 Å². The number of aliphatic carboxylic acids is 1. The first-order valence-electron chi connectivity index (χ1n) is 7.90. The van der Waals surface area contributed by atoms with Gasteiger partial charge in [0.1, 0.15) is 6.04 Å². The van der Waals surface area contributed by atoms with E-state index >= 15 is 0 Å². The van der Waals surface area contributed by atoms with Crippen molar-refractivity contribution in [3.8, 4) is 0 Å². The summed E-state index contributed by atoms with van der Waals surface area (Å²) in [4.78, 5) is 35.7. The van der Waals surface area contributed by atoms with Crippen LogP contribution in [0.4, 0.5) is 5.69 Å². The number of carboxylic acids is 1. The number of carboxylic acid groups (broad SMARTS) is 1. The van der Waals surface area contributed by atoms with Gasteiger partial charge in [0.25, 0.3) is 11.8 Å². The predicted octanol–water partition coefficient (Wildman–Crippen LogP) is 2.06. The number of carbonyl (C=O) groups is 3. The zero-order valence-electron chi connectivity index (χ0n) is 14.4. The third-order valence-electron chi connectivity index (χ3n) is 3.71. The van der Waals surface area contributed by atoms with Crippen LogP contribution in [-0.4, -0.2) is 42.6 Å². The number of ether oxygens (including phenoxy) is 1. The topological polar surface area (TPSA) is 118 Å². The fourth-order valence-electron chi connectivity index (χ4n) is 2.22. The van der Waals surface area contributed by atoms with Crippen molar-refractivity contribution >= 4 is 23.5 Å². The lowest BCUT2D eigenvalue weighted by Gasteiger charge is -2.15. The quantitative estimate of drug-likeness (QED) is 0.663. The molecule has 1 atom stereocenters. The molecule has 0 fully saturated rings. The SMILES string of the molecule is COCCC(NC(=O)c1ccc(C)c(NC(=O)c2ccco2)c1)C(=O)O. The molecule has 3 N–H and O–H groups in total. The van der Waals surface area contributed by atoms with Crippen LogP contribution in [0.3, 0.4) is 0 Å². The highest BCUT2D eigenvalue weighted by atomic mass is 16.5. The van der Waals surface area contributed by atoms with Crippen LogP contribution in [-0.2, 0) is 9.53 Å². The van der Waals surface area contributed by atoms with E-state index in [1.165, 1.54) is 25.5 Å². The molecule has 0 aliphatic rings. The Kier molecular flexibility index (Phi) is 6.51. The fourth-order valence-corrected chi connectivity index (χ4v) is 2.22. The minimum atomic E-state index is -1.14. The van der Waals surface area contributed by atoms with Gasteiger partial charge < -0.3 is 24.9 Å². The molecule has 0 saturated carbocycles. The Morgan fingerprint density at radius 1 is 1.23 bits per heavy atom. The molecule has 0 saturated heterocycles. The summed E-state index contributed by atoms with van der Waals surface area (Å²) in [6.07, 6.45) is 1.53. The zero-order chi connectivity index (χ0) is 19.1. The highest BCUT2D eigenvalue weighted by Crippen LogP contribution is 2.18. The molecule has 0 aliphatic heterocycles. The molecule has 0 bridgehead atoms. The summed E-state index contributed by atoms with van der Waals surface area (Å²) in [7, 11) is 1.45. The molecule has 26 heavy (non-hydrogen) atoms. The fraction of sp³-hybridized carbons (Fsp3) is 0.278. The predicted molar refractivity (Wildman–Crippen MR) is 93.2 cm³/mol. The van der Waals surface area contributed by atoms with Crippen LogP contribution < -0.4 is 10.6 Å². The van der Waals surface area contributed by atoms with E-state index in [-0.39, 0.29) is 24.4 Å². The number of rotatable bonds is 8. The van der Waals surface area contributed by atoms with Gasteiger partial charge in [-0.2, -0.15) is 0 Å². The molecule has 8 heteroatoms. The molecule has 1 unspecified atom stereocenters. The molecule has 0 aliphatic carbocycles. The van der Waals surface area contributed by atoms with Crippen molar-refractivity contribution in [2.45, 2.75) is 19.4 Å². The number of furan rings is 1. The van der Waals surface area contributed by atoms with Gasteiger partial charge in [-0.15, -0.1) is 0 Å². The van der Waals surface area contributed by atoms with Crippen molar-refractivity contribution in [3.05, 3.63) is 53.5 Å². The van der Waals surface area contributed by atoms with E-state index < -0.39 is 23.8 Å². The monoisotopic (exact) mass is 360 g/mol. The van der Waals surface area contributed by atoms with Gasteiger partial charge >= 0.3 is 5.97 Å². The van der Waals surface area contributed by atoms with Crippen LogP contribution in [0.2, 0.25) is 0 Å². The first-order chi connectivity index (χ1) is 12.4. The van der Waals surface area contributed by atoms with Crippen LogP contribution in [0.1, 0.15) is 32.9 Å². The van der Waals surface area contributed by atoms with Crippen LogP contribution in [0.15, 0.2) is 41.0 Å². The van der Waals surface area contributed by atoms with E-state index in [4.69, 9.17) is 9.15 Å². The maximum absolute atomic E-state index is 12.4. The third kappa shape index (κ3) is 4.93. The molecular weight excluding hydrogens is 340 g/mol. The second-order valence-electron chi connectivity index (χ2n) is 5.61. The van der Waals surface area contributed by atoms with Gasteiger partial charge in [-0.25, -0.2) is 4.79 Å². The number of nitrogens with one attached hydrogen (secondary N) is 2. The number of amides is 2. The molecule has 1 aromatic carbocycles. The smallest absolute Gasteiger partial charge is 0.326 e. The van der Waals surface area contributed by atoms with Gasteiger partial charge in [0.2, 0.25) is 0 Å². The molecule has 138 valence electrons. The molecule has 2 aromatic rings. The van der Waals surface area contributed by atoms with E-state index in [0.717, 1.165) is 5.56 Å². The Morgan fingerprint density at radius 3 is 2.62 bits per heavy atom. The summed E-state index contributed by atoms with van der Waals surface area (Å²) >= 11 is 0. The summed E-state index contributed by atoms with van der Waals surface area (Å²) in [5, 5.41) is 14.3. The van der Waals surface area contributed by atoms with E-state index in [1.807, 2.05) is 0 Å². The van der Waals surface area contributed by atoms with E-state index in [1.54, 1.807) is 25.1 Å². The molecule has 2 amide bonds. The Hall–Kier alpha value is -3.13. The zero-order valence-corrected chi connectivity index (χ0v) is 14.4. The van der Waals surface area contributed by atoms with Crippen molar-refractivity contribution in [2.75, 3.05) is 19.0 Å². The average Bonchev–Trinajstić information content (AvgIpc) is 3.14. The van der Waals surface area contributed by atoms with Crippen molar-refractivity contribution in [2.24, 2.45) is 0 Å². The van der Waals surface area contributed by atoms with E-state index in [2.05, 4.69) is 10.6 Å². The average molecular weight is 360 g/mol. The first kappa shape index (κ1) is 19.2. The molecular formula is C18H20N2O6. The lowest BCUT2D eigenvalue weighted by molar-refractivity contribution is -0.139. The number of anilines is 1. The van der Waals surface area contributed by atoms with Crippen LogP contribution in [0, 0.1) is 6.92 Å². The van der Waals surface area contributed by atoms with Gasteiger partial charge in [-0.05, 0) is 36.8 Å². The van der Waals surface area contributed by atoms with Gasteiger partial charge in [0.15, 0.2) is 5.76 Å². The maximum Gasteiger partial charge on any atom is 0.326 e. The Balaban J connectivity index is 2.13. The Labute approximate surface area is 150 Å². The summed E-state index contributed by atoms with van der Waals surface area (Å²) in [5.74, 6) is -2.00. The van der Waals surface area contributed by atoms with Crippen molar-refractivity contribution in [1.29, 1.82) is 0 Å². The highest BCUT2D eigenvalue weighted by molar-refractivity contribution is 6.04. The lowest BCUT2D eigenvalue weighted by atomic mass is 10.1. The number of hydrogen-bond acceptors (Lipinski definition) is 5. The highest BCUT2D eigenvalue weighted by Gasteiger charge is 2.21. The lowest BCUT2D eigenvalue weighted by Crippen LogP contribution is -2.41. The Morgan fingerprint density at radius 2 is 2.00 bits per heavy atom. The minimum absolute atomic E-state index is 0.143. The largest absolute Gasteiger partial charge is 0.480 e. The van der Waals surface area contributed by atoms with Gasteiger partial charge in [-0.1, -0.05) is 6.07 Å². The summed E-state index contributed by atoms with van der Waals surface area (Å²) < 4.78 is 9.89. The molecule has 1 aromatic heterocycles.